The molecule has 10 heteroatoms. The van der Waals surface area contributed by atoms with Gasteiger partial charge in [-0.1, -0.05) is 36.4 Å². The second-order valence-electron chi connectivity index (χ2n) is 8.49. The Bertz CT molecular complexity index is 1020. The molecule has 1 saturated heterocycles. The number of carbonyl (C=O) groups excluding carboxylic acids is 1. The number of nitrogens with zero attached hydrogens (tertiary/aromatic N) is 2. The zero-order chi connectivity index (χ0) is 27.4. The zero-order valence-corrected chi connectivity index (χ0v) is 21.8. The summed E-state index contributed by atoms with van der Waals surface area (Å²) >= 11 is 0. The van der Waals surface area contributed by atoms with Gasteiger partial charge >= 0.3 is 11.9 Å². The van der Waals surface area contributed by atoms with Gasteiger partial charge in [0.25, 0.3) is 0 Å². The molecule has 202 valence electrons. The van der Waals surface area contributed by atoms with E-state index in [0.717, 1.165) is 44.6 Å². The number of amides is 1. The first-order valence-electron chi connectivity index (χ1n) is 12.0. The van der Waals surface area contributed by atoms with E-state index in [4.69, 9.17) is 34.0 Å². The number of carboxylic acid groups (broad SMARTS) is 2. The topological polar surface area (TPSA) is 126 Å². The first kappa shape index (κ1) is 29.4. The number of benzene rings is 2. The second-order valence-corrected chi connectivity index (χ2v) is 8.49. The van der Waals surface area contributed by atoms with Crippen LogP contribution in [0.3, 0.4) is 0 Å². The molecule has 0 bridgehead atoms. The first-order valence-corrected chi connectivity index (χ1v) is 12.0. The normalized spacial score (nSPS) is 13.6. The number of aliphatic carboxylic acids is 2. The summed E-state index contributed by atoms with van der Waals surface area (Å²) in [5, 5.41) is 14.8. The Balaban J connectivity index is 0.000000717. The highest BCUT2D eigenvalue weighted by atomic mass is 16.5. The number of hydrogen-bond donors (Lipinski definition) is 2. The van der Waals surface area contributed by atoms with E-state index >= 15 is 0 Å². The van der Waals surface area contributed by atoms with Crippen LogP contribution in [0.25, 0.3) is 0 Å². The van der Waals surface area contributed by atoms with Crippen LogP contribution in [0.2, 0.25) is 0 Å². The van der Waals surface area contributed by atoms with Crippen LogP contribution in [-0.2, 0) is 27.5 Å². The van der Waals surface area contributed by atoms with Gasteiger partial charge in [-0.25, -0.2) is 9.59 Å². The van der Waals surface area contributed by atoms with Crippen molar-refractivity contribution in [1.29, 1.82) is 0 Å². The first-order chi connectivity index (χ1) is 17.7. The highest BCUT2D eigenvalue weighted by Gasteiger charge is 2.29. The predicted octanol–water partition coefficient (Wildman–Crippen LogP) is 3.13. The highest BCUT2D eigenvalue weighted by molar-refractivity contribution is 6.27. The fourth-order valence-electron chi connectivity index (χ4n) is 4.27. The molecule has 0 aromatic heterocycles. The van der Waals surface area contributed by atoms with Crippen LogP contribution in [-0.4, -0.2) is 78.8 Å². The Morgan fingerprint density at radius 3 is 1.97 bits per heavy atom. The molecular formula is C27H36N2O8. The third-order valence-electron chi connectivity index (χ3n) is 6.21. The fraction of sp³-hybridized carbons (Fsp3) is 0.444. The summed E-state index contributed by atoms with van der Waals surface area (Å²) < 4.78 is 16.5. The molecule has 0 radical (unpaired) electrons. The lowest BCUT2D eigenvalue weighted by Gasteiger charge is -2.34. The summed E-state index contributed by atoms with van der Waals surface area (Å²) in [5.41, 5.74) is 2.24. The molecule has 2 aromatic rings. The van der Waals surface area contributed by atoms with Gasteiger partial charge in [0.05, 0.1) is 21.3 Å². The number of ether oxygens (including phenoxy) is 3. The molecule has 1 aliphatic heterocycles. The van der Waals surface area contributed by atoms with Crippen molar-refractivity contribution in [2.24, 2.45) is 5.92 Å². The van der Waals surface area contributed by atoms with Crippen LogP contribution in [0.4, 0.5) is 0 Å². The average Bonchev–Trinajstić information content (AvgIpc) is 2.92. The smallest absolute Gasteiger partial charge is 0.414 e. The Morgan fingerprint density at radius 1 is 0.892 bits per heavy atom. The number of methoxy groups -OCH3 is 3. The van der Waals surface area contributed by atoms with E-state index in [1.54, 1.807) is 21.3 Å². The fourth-order valence-corrected chi connectivity index (χ4v) is 4.27. The number of rotatable bonds is 9. The molecule has 37 heavy (non-hydrogen) atoms. The Hall–Kier alpha value is -3.79. The van der Waals surface area contributed by atoms with Gasteiger partial charge in [-0.05, 0) is 44.5 Å². The summed E-state index contributed by atoms with van der Waals surface area (Å²) in [6, 6.07) is 14.1. The molecule has 1 aliphatic rings. The molecule has 3 rings (SSSR count). The minimum atomic E-state index is -1.82. The van der Waals surface area contributed by atoms with E-state index in [1.165, 1.54) is 5.56 Å². The molecule has 0 atom stereocenters. The summed E-state index contributed by atoms with van der Waals surface area (Å²) in [7, 11) is 4.89. The number of hydrogen-bond acceptors (Lipinski definition) is 7. The average molecular weight is 517 g/mol. The van der Waals surface area contributed by atoms with E-state index in [-0.39, 0.29) is 11.8 Å². The van der Waals surface area contributed by atoms with Crippen LogP contribution in [0.1, 0.15) is 30.9 Å². The minimum absolute atomic E-state index is 0.0900. The van der Waals surface area contributed by atoms with Gasteiger partial charge in [0, 0.05) is 31.1 Å². The van der Waals surface area contributed by atoms with Crippen LogP contribution in [0.15, 0.2) is 42.5 Å². The SMILES string of the molecule is CCN(Cc1ccccc1)C(=O)C1CCN(Cc2ccc(OC)c(OC)c2OC)CC1.O=C(O)C(=O)O. The molecule has 0 unspecified atom stereocenters. The van der Waals surface area contributed by atoms with Crippen molar-refractivity contribution >= 4 is 17.8 Å². The van der Waals surface area contributed by atoms with Crippen LogP contribution >= 0.6 is 0 Å². The predicted molar refractivity (Wildman–Crippen MR) is 137 cm³/mol. The second kappa shape index (κ2) is 14.7. The monoisotopic (exact) mass is 516 g/mol. The largest absolute Gasteiger partial charge is 0.493 e. The molecule has 1 amide bonds. The Kier molecular flexibility index (Phi) is 11.7. The quantitative estimate of drug-likeness (QED) is 0.484. The van der Waals surface area contributed by atoms with Gasteiger partial charge in [0.1, 0.15) is 0 Å². The van der Waals surface area contributed by atoms with E-state index in [1.807, 2.05) is 35.2 Å². The van der Waals surface area contributed by atoms with Crippen LogP contribution < -0.4 is 14.2 Å². The zero-order valence-electron chi connectivity index (χ0n) is 21.8. The summed E-state index contributed by atoms with van der Waals surface area (Å²) in [4.78, 5) is 35.7. The van der Waals surface area contributed by atoms with Gasteiger partial charge in [0.2, 0.25) is 11.7 Å². The van der Waals surface area contributed by atoms with Gasteiger partial charge in [-0.3, -0.25) is 9.69 Å². The number of piperidine rings is 1. The third-order valence-corrected chi connectivity index (χ3v) is 6.21. The van der Waals surface area contributed by atoms with Crippen LogP contribution in [0, 0.1) is 5.92 Å². The van der Waals surface area contributed by atoms with Gasteiger partial charge in [-0.15, -0.1) is 0 Å². The molecule has 0 aliphatic carbocycles. The van der Waals surface area contributed by atoms with E-state index in [0.29, 0.717) is 23.8 Å². The lowest BCUT2D eigenvalue weighted by Crippen LogP contribution is -2.42. The maximum atomic E-state index is 13.1. The maximum absolute atomic E-state index is 13.1. The van der Waals surface area contributed by atoms with Crippen molar-refractivity contribution in [2.75, 3.05) is 41.0 Å². The van der Waals surface area contributed by atoms with Gasteiger partial charge < -0.3 is 29.3 Å². The molecule has 1 heterocycles. The molecular weight excluding hydrogens is 480 g/mol. The molecule has 2 N–H and O–H groups in total. The standard InChI is InChI=1S/C25H34N2O4.C2H2O4/c1-5-27(17-19-9-7-6-8-10-19)25(28)20-13-15-26(16-14-20)18-21-11-12-22(29-2)24(31-4)23(21)30-3;3-1(4)2(5)6/h6-12,20H,5,13-18H2,1-4H3;(H,3,4)(H,5,6). The number of carboxylic acids is 2. The molecule has 0 spiro atoms. The van der Waals surface area contributed by atoms with E-state index in [2.05, 4.69) is 24.0 Å². The summed E-state index contributed by atoms with van der Waals surface area (Å²) in [6.07, 6.45) is 1.75. The van der Waals surface area contributed by atoms with Crippen molar-refractivity contribution in [3.63, 3.8) is 0 Å². The summed E-state index contributed by atoms with van der Waals surface area (Å²) in [6.45, 7) is 5.99. The molecule has 1 fully saturated rings. The van der Waals surface area contributed by atoms with Crippen molar-refractivity contribution < 1.29 is 38.8 Å². The number of likely N-dealkylation sites (tertiary alicyclic amines) is 1. The third kappa shape index (κ3) is 8.38. The van der Waals surface area contributed by atoms with E-state index in [9.17, 15) is 4.79 Å². The van der Waals surface area contributed by atoms with Crippen molar-refractivity contribution in [2.45, 2.75) is 32.9 Å². The van der Waals surface area contributed by atoms with Crippen molar-refractivity contribution in [3.05, 3.63) is 53.6 Å². The summed E-state index contributed by atoms with van der Waals surface area (Å²) in [5.74, 6) is -1.30. The molecule has 0 saturated carbocycles. The highest BCUT2D eigenvalue weighted by Crippen LogP contribution is 2.40. The Morgan fingerprint density at radius 2 is 1.49 bits per heavy atom. The minimum Gasteiger partial charge on any atom is -0.493 e. The maximum Gasteiger partial charge on any atom is 0.414 e. The van der Waals surface area contributed by atoms with Crippen LogP contribution in [0.5, 0.6) is 17.2 Å². The van der Waals surface area contributed by atoms with E-state index < -0.39 is 11.9 Å². The molecule has 10 nitrogen and oxygen atoms in total. The lowest BCUT2D eigenvalue weighted by molar-refractivity contribution is -0.159. The van der Waals surface area contributed by atoms with Gasteiger partial charge in [-0.2, -0.15) is 0 Å². The Labute approximate surface area is 217 Å². The van der Waals surface area contributed by atoms with Crippen molar-refractivity contribution in [1.82, 2.24) is 9.80 Å². The molecule has 2 aromatic carbocycles. The van der Waals surface area contributed by atoms with Crippen molar-refractivity contribution in [3.8, 4) is 17.2 Å². The van der Waals surface area contributed by atoms with Gasteiger partial charge in [0.15, 0.2) is 11.5 Å². The lowest BCUT2D eigenvalue weighted by atomic mass is 9.94. The number of carbonyl (C=O) groups is 3.